The normalized spacial score (nSPS) is 10.9. The van der Waals surface area contributed by atoms with Crippen molar-refractivity contribution in [2.75, 3.05) is 0 Å². The second-order valence-electron chi connectivity index (χ2n) is 4.85. The molecule has 2 heterocycles. The van der Waals surface area contributed by atoms with Crippen LogP contribution in [0.1, 0.15) is 27.3 Å². The highest BCUT2D eigenvalue weighted by atomic mass is 16.1. The van der Waals surface area contributed by atoms with E-state index in [9.17, 15) is 4.79 Å². The van der Waals surface area contributed by atoms with Gasteiger partial charge in [0.2, 0.25) is 0 Å². The van der Waals surface area contributed by atoms with Gasteiger partial charge in [0.05, 0.1) is 23.3 Å². The number of carbonyl (C=O) groups excluding carboxylic acids is 1. The number of rotatable bonds is 3. The molecule has 20 heavy (non-hydrogen) atoms. The predicted molar refractivity (Wildman–Crippen MR) is 77.9 cm³/mol. The SMILES string of the molecule is Cc1nn(Cc2cccc3cccnc23)c(C)c1C=O. The molecule has 4 heteroatoms. The first kappa shape index (κ1) is 12.5. The summed E-state index contributed by atoms with van der Waals surface area (Å²) in [6, 6.07) is 10.1. The third-order valence-corrected chi connectivity index (χ3v) is 3.59. The number of aldehydes is 1. The van der Waals surface area contributed by atoms with Crippen LogP contribution >= 0.6 is 0 Å². The third-order valence-electron chi connectivity index (χ3n) is 3.59. The Balaban J connectivity index is 2.08. The van der Waals surface area contributed by atoms with Crippen molar-refractivity contribution in [2.24, 2.45) is 0 Å². The second kappa shape index (κ2) is 4.89. The quantitative estimate of drug-likeness (QED) is 0.684. The third kappa shape index (κ3) is 1.99. The van der Waals surface area contributed by atoms with Crippen LogP contribution in [0.25, 0.3) is 10.9 Å². The highest BCUT2D eigenvalue weighted by Gasteiger charge is 2.12. The van der Waals surface area contributed by atoms with E-state index in [1.54, 1.807) is 6.20 Å². The molecule has 0 fully saturated rings. The predicted octanol–water partition coefficient (Wildman–Crippen LogP) is 2.91. The molecule has 4 nitrogen and oxygen atoms in total. The zero-order valence-corrected chi connectivity index (χ0v) is 11.5. The van der Waals surface area contributed by atoms with Crippen LogP contribution in [0.5, 0.6) is 0 Å². The van der Waals surface area contributed by atoms with Crippen LogP contribution in [-0.4, -0.2) is 21.1 Å². The first-order valence-electron chi connectivity index (χ1n) is 6.52. The summed E-state index contributed by atoms with van der Waals surface area (Å²) in [6.45, 7) is 4.39. The molecule has 0 N–H and O–H groups in total. The van der Waals surface area contributed by atoms with E-state index >= 15 is 0 Å². The molecule has 0 saturated carbocycles. The summed E-state index contributed by atoms with van der Waals surface area (Å²) in [6.07, 6.45) is 2.67. The van der Waals surface area contributed by atoms with Gasteiger partial charge in [-0.15, -0.1) is 0 Å². The van der Waals surface area contributed by atoms with Gasteiger partial charge >= 0.3 is 0 Å². The zero-order chi connectivity index (χ0) is 14.1. The van der Waals surface area contributed by atoms with E-state index in [1.807, 2.05) is 48.9 Å². The maximum atomic E-state index is 11.1. The van der Waals surface area contributed by atoms with Crippen molar-refractivity contribution < 1.29 is 4.79 Å². The number of benzene rings is 1. The van der Waals surface area contributed by atoms with Gasteiger partial charge in [0, 0.05) is 17.3 Å². The van der Waals surface area contributed by atoms with Crippen molar-refractivity contribution in [3.05, 3.63) is 59.0 Å². The minimum atomic E-state index is 0.620. The van der Waals surface area contributed by atoms with E-state index in [1.165, 1.54) is 0 Å². The summed E-state index contributed by atoms with van der Waals surface area (Å²) in [7, 11) is 0. The van der Waals surface area contributed by atoms with Gasteiger partial charge in [-0.1, -0.05) is 24.3 Å². The molecule has 0 unspecified atom stereocenters. The number of para-hydroxylation sites is 1. The van der Waals surface area contributed by atoms with Crippen LogP contribution in [0.4, 0.5) is 0 Å². The first-order valence-corrected chi connectivity index (χ1v) is 6.52. The lowest BCUT2D eigenvalue weighted by atomic mass is 10.1. The maximum Gasteiger partial charge on any atom is 0.153 e. The zero-order valence-electron chi connectivity index (χ0n) is 11.5. The second-order valence-corrected chi connectivity index (χ2v) is 4.85. The highest BCUT2D eigenvalue weighted by molar-refractivity contribution is 5.81. The lowest BCUT2D eigenvalue weighted by Gasteiger charge is -2.07. The van der Waals surface area contributed by atoms with Crippen molar-refractivity contribution in [1.82, 2.24) is 14.8 Å². The number of aromatic nitrogens is 3. The average molecular weight is 265 g/mol. The van der Waals surface area contributed by atoms with Crippen molar-refractivity contribution in [3.8, 4) is 0 Å². The lowest BCUT2D eigenvalue weighted by Crippen LogP contribution is -2.05. The van der Waals surface area contributed by atoms with Gasteiger partial charge < -0.3 is 0 Å². The minimum Gasteiger partial charge on any atom is -0.298 e. The fraction of sp³-hybridized carbons (Fsp3) is 0.188. The fourth-order valence-electron chi connectivity index (χ4n) is 2.49. The number of nitrogens with zero attached hydrogens (tertiary/aromatic N) is 3. The van der Waals surface area contributed by atoms with Gasteiger partial charge in [-0.05, 0) is 25.5 Å². The standard InChI is InChI=1S/C16H15N3O/c1-11-15(10-20)12(2)19(18-11)9-14-6-3-5-13-7-4-8-17-16(13)14/h3-8,10H,9H2,1-2H3. The molecule has 0 aliphatic heterocycles. The summed E-state index contributed by atoms with van der Waals surface area (Å²) in [5, 5.41) is 5.55. The Hall–Kier alpha value is -2.49. The molecule has 0 radical (unpaired) electrons. The lowest BCUT2D eigenvalue weighted by molar-refractivity contribution is 0.112. The number of fused-ring (bicyclic) bond motifs is 1. The first-order chi connectivity index (χ1) is 9.70. The van der Waals surface area contributed by atoms with Gasteiger partial charge in [0.15, 0.2) is 6.29 Å². The van der Waals surface area contributed by atoms with Crippen LogP contribution in [0.15, 0.2) is 36.5 Å². The molecule has 1 aromatic carbocycles. The summed E-state index contributed by atoms with van der Waals surface area (Å²) in [4.78, 5) is 15.5. The van der Waals surface area contributed by atoms with E-state index in [2.05, 4.69) is 10.1 Å². The van der Waals surface area contributed by atoms with Gasteiger partial charge in [-0.25, -0.2) is 0 Å². The van der Waals surface area contributed by atoms with Gasteiger partial charge in [-0.2, -0.15) is 5.10 Å². The van der Waals surface area contributed by atoms with Gasteiger partial charge in [-0.3, -0.25) is 14.5 Å². The molecule has 3 aromatic rings. The monoisotopic (exact) mass is 265 g/mol. The summed E-state index contributed by atoms with van der Waals surface area (Å²) >= 11 is 0. The van der Waals surface area contributed by atoms with Crippen molar-refractivity contribution in [1.29, 1.82) is 0 Å². The van der Waals surface area contributed by atoms with Crippen molar-refractivity contribution in [3.63, 3.8) is 0 Å². The van der Waals surface area contributed by atoms with Crippen LogP contribution in [0.3, 0.4) is 0 Å². The van der Waals surface area contributed by atoms with E-state index in [4.69, 9.17) is 0 Å². The average Bonchev–Trinajstić information content (AvgIpc) is 2.73. The topological polar surface area (TPSA) is 47.8 Å². The Morgan fingerprint density at radius 3 is 2.75 bits per heavy atom. The molecular weight excluding hydrogens is 250 g/mol. The van der Waals surface area contributed by atoms with Crippen LogP contribution in [-0.2, 0) is 6.54 Å². The Labute approximate surface area is 117 Å². The minimum absolute atomic E-state index is 0.620. The fourth-order valence-corrected chi connectivity index (χ4v) is 2.49. The Morgan fingerprint density at radius 1 is 1.20 bits per heavy atom. The Morgan fingerprint density at radius 2 is 2.00 bits per heavy atom. The molecule has 0 amide bonds. The molecule has 0 spiro atoms. The van der Waals surface area contributed by atoms with E-state index in [-0.39, 0.29) is 0 Å². The number of carbonyl (C=O) groups is 1. The van der Waals surface area contributed by atoms with Crippen molar-refractivity contribution >= 4 is 17.2 Å². The number of aryl methyl sites for hydroxylation is 1. The molecule has 0 aliphatic carbocycles. The van der Waals surface area contributed by atoms with Crippen LogP contribution < -0.4 is 0 Å². The number of hydrogen-bond donors (Lipinski definition) is 0. The maximum absolute atomic E-state index is 11.1. The van der Waals surface area contributed by atoms with E-state index in [0.717, 1.165) is 34.1 Å². The summed E-state index contributed by atoms with van der Waals surface area (Å²) < 4.78 is 1.86. The molecule has 0 atom stereocenters. The van der Waals surface area contributed by atoms with E-state index < -0.39 is 0 Å². The molecule has 0 aliphatic rings. The van der Waals surface area contributed by atoms with Gasteiger partial charge in [0.25, 0.3) is 0 Å². The van der Waals surface area contributed by atoms with E-state index in [0.29, 0.717) is 12.1 Å². The highest BCUT2D eigenvalue weighted by Crippen LogP contribution is 2.19. The molecular formula is C16H15N3O. The van der Waals surface area contributed by atoms with Gasteiger partial charge in [0.1, 0.15) is 0 Å². The Bertz CT molecular complexity index is 784. The molecule has 2 aromatic heterocycles. The van der Waals surface area contributed by atoms with Crippen LogP contribution in [0, 0.1) is 13.8 Å². The van der Waals surface area contributed by atoms with Crippen molar-refractivity contribution in [2.45, 2.75) is 20.4 Å². The molecule has 3 rings (SSSR count). The molecule has 0 saturated heterocycles. The summed E-state index contributed by atoms with van der Waals surface area (Å²) in [5.41, 5.74) is 4.43. The van der Waals surface area contributed by atoms with Crippen LogP contribution in [0.2, 0.25) is 0 Å². The molecule has 100 valence electrons. The number of pyridine rings is 1. The number of hydrogen-bond acceptors (Lipinski definition) is 3. The largest absolute Gasteiger partial charge is 0.298 e. The summed E-state index contributed by atoms with van der Waals surface area (Å²) in [5.74, 6) is 0. The Kier molecular flexibility index (Phi) is 3.06. The molecule has 0 bridgehead atoms. The smallest absolute Gasteiger partial charge is 0.153 e.